The Hall–Kier alpha value is -0.150. The molecule has 1 aliphatic carbocycles. The molecule has 0 spiro atoms. The zero-order chi connectivity index (χ0) is 8.97. The van der Waals surface area contributed by atoms with E-state index in [1.807, 2.05) is 0 Å². The van der Waals surface area contributed by atoms with Gasteiger partial charge >= 0.3 is 0 Å². The Morgan fingerprint density at radius 1 is 1.50 bits per heavy atom. The first-order valence-corrected chi connectivity index (χ1v) is 4.74. The molecule has 1 rings (SSSR count). The number of hydrogen-bond donors (Lipinski definition) is 2. The molecule has 0 aromatic carbocycles. The number of alkyl halides is 1. The van der Waals surface area contributed by atoms with Crippen molar-refractivity contribution >= 4 is 0 Å². The molecule has 0 aromatic heterocycles. The highest BCUT2D eigenvalue weighted by Gasteiger charge is 2.23. The van der Waals surface area contributed by atoms with Crippen LogP contribution in [0.15, 0.2) is 0 Å². The molecule has 0 aromatic rings. The third-order valence-electron chi connectivity index (χ3n) is 2.46. The summed E-state index contributed by atoms with van der Waals surface area (Å²) in [5.74, 6) is 0. The summed E-state index contributed by atoms with van der Waals surface area (Å²) < 4.78 is 12.1. The lowest BCUT2D eigenvalue weighted by atomic mass is 9.92. The molecular weight excluding hydrogens is 157 g/mol. The molecule has 0 saturated heterocycles. The van der Waals surface area contributed by atoms with Crippen LogP contribution < -0.4 is 5.32 Å². The fourth-order valence-electron chi connectivity index (χ4n) is 1.72. The topological polar surface area (TPSA) is 32.3 Å². The van der Waals surface area contributed by atoms with Gasteiger partial charge in [-0.3, -0.25) is 0 Å². The fraction of sp³-hybridized carbons (Fsp3) is 1.00. The van der Waals surface area contributed by atoms with Gasteiger partial charge in [0.25, 0.3) is 0 Å². The average molecular weight is 175 g/mol. The van der Waals surface area contributed by atoms with Crippen LogP contribution in [0.3, 0.4) is 0 Å². The first-order valence-electron chi connectivity index (χ1n) is 4.74. The maximum absolute atomic E-state index is 12.1. The van der Waals surface area contributed by atoms with E-state index in [9.17, 15) is 9.50 Å². The minimum Gasteiger partial charge on any atom is -0.392 e. The minimum atomic E-state index is -0.358. The summed E-state index contributed by atoms with van der Waals surface area (Å²) in [4.78, 5) is 0. The van der Waals surface area contributed by atoms with Gasteiger partial charge in [0.2, 0.25) is 0 Å². The van der Waals surface area contributed by atoms with E-state index >= 15 is 0 Å². The number of aliphatic hydroxyl groups excluding tert-OH is 1. The predicted octanol–water partition coefficient (Wildman–Crippen LogP) is 1.24. The number of aliphatic hydroxyl groups is 1. The highest BCUT2D eigenvalue weighted by molar-refractivity contribution is 4.82. The van der Waals surface area contributed by atoms with Crippen molar-refractivity contribution in [1.82, 2.24) is 5.32 Å². The summed E-state index contributed by atoms with van der Waals surface area (Å²) in [5.41, 5.74) is 0. The van der Waals surface area contributed by atoms with Crippen LogP contribution in [-0.2, 0) is 0 Å². The molecule has 2 nitrogen and oxygen atoms in total. The van der Waals surface area contributed by atoms with E-state index in [0.717, 1.165) is 25.7 Å². The maximum atomic E-state index is 12.1. The van der Waals surface area contributed by atoms with Gasteiger partial charge in [0.05, 0.1) is 6.10 Å². The monoisotopic (exact) mass is 175 g/mol. The molecule has 0 amide bonds. The quantitative estimate of drug-likeness (QED) is 0.676. The van der Waals surface area contributed by atoms with Crippen LogP contribution in [-0.4, -0.2) is 30.0 Å². The third-order valence-corrected chi connectivity index (χ3v) is 2.46. The normalized spacial score (nSPS) is 33.2. The molecule has 0 aliphatic heterocycles. The zero-order valence-electron chi connectivity index (χ0n) is 7.59. The Bertz CT molecular complexity index is 132. The van der Waals surface area contributed by atoms with Gasteiger partial charge < -0.3 is 10.4 Å². The van der Waals surface area contributed by atoms with Crippen molar-refractivity contribution in [3.05, 3.63) is 0 Å². The molecule has 1 saturated carbocycles. The van der Waals surface area contributed by atoms with Crippen molar-refractivity contribution in [2.75, 3.05) is 6.67 Å². The smallest absolute Gasteiger partial charge is 0.104 e. The van der Waals surface area contributed by atoms with Crippen LogP contribution in [0.1, 0.15) is 32.6 Å². The Morgan fingerprint density at radius 3 is 2.75 bits per heavy atom. The second kappa shape index (κ2) is 4.77. The van der Waals surface area contributed by atoms with Gasteiger partial charge in [-0.2, -0.15) is 0 Å². The number of nitrogens with one attached hydrogen (secondary N) is 1. The molecule has 2 N–H and O–H groups in total. The summed E-state index contributed by atoms with van der Waals surface area (Å²) in [6.45, 7) is 1.45. The van der Waals surface area contributed by atoms with Crippen molar-refractivity contribution in [2.45, 2.75) is 50.8 Å². The first-order chi connectivity index (χ1) is 5.74. The van der Waals surface area contributed by atoms with Crippen LogP contribution in [0, 0.1) is 0 Å². The largest absolute Gasteiger partial charge is 0.392 e. The molecule has 2 unspecified atom stereocenters. The summed E-state index contributed by atoms with van der Waals surface area (Å²) in [5, 5.41) is 12.6. The van der Waals surface area contributed by atoms with E-state index in [1.54, 1.807) is 6.92 Å². The van der Waals surface area contributed by atoms with Gasteiger partial charge in [-0.1, -0.05) is 12.8 Å². The maximum Gasteiger partial charge on any atom is 0.104 e. The Balaban J connectivity index is 2.28. The highest BCUT2D eigenvalue weighted by Crippen LogP contribution is 2.18. The third kappa shape index (κ3) is 2.72. The number of hydrogen-bond acceptors (Lipinski definition) is 2. The molecule has 1 fully saturated rings. The fourth-order valence-corrected chi connectivity index (χ4v) is 1.72. The summed E-state index contributed by atoms with van der Waals surface area (Å²) in [6, 6.07) is -0.00718. The van der Waals surface area contributed by atoms with E-state index < -0.39 is 0 Å². The van der Waals surface area contributed by atoms with Crippen LogP contribution >= 0.6 is 0 Å². The zero-order valence-corrected chi connectivity index (χ0v) is 7.59. The number of halogens is 1. The summed E-state index contributed by atoms with van der Waals surface area (Å²) >= 11 is 0. The van der Waals surface area contributed by atoms with E-state index in [2.05, 4.69) is 5.32 Å². The molecule has 72 valence electrons. The Labute approximate surface area is 73.2 Å². The number of rotatable bonds is 3. The van der Waals surface area contributed by atoms with Gasteiger partial charge in [-0.15, -0.1) is 0 Å². The van der Waals surface area contributed by atoms with Gasteiger partial charge in [0.15, 0.2) is 0 Å². The van der Waals surface area contributed by atoms with Gasteiger partial charge in [-0.25, -0.2) is 4.39 Å². The first kappa shape index (κ1) is 9.93. The molecule has 3 heteroatoms. The van der Waals surface area contributed by atoms with Crippen molar-refractivity contribution < 1.29 is 9.50 Å². The van der Waals surface area contributed by atoms with Gasteiger partial charge in [0.1, 0.15) is 6.67 Å². The van der Waals surface area contributed by atoms with Crippen LogP contribution in [0.5, 0.6) is 0 Å². The molecule has 12 heavy (non-hydrogen) atoms. The molecule has 0 bridgehead atoms. The van der Waals surface area contributed by atoms with Crippen LogP contribution in [0.2, 0.25) is 0 Å². The van der Waals surface area contributed by atoms with E-state index in [-0.39, 0.29) is 24.9 Å². The lowest BCUT2D eigenvalue weighted by Crippen LogP contribution is -2.46. The molecular formula is C9H18FNO. The minimum absolute atomic E-state index is 0.115. The van der Waals surface area contributed by atoms with Crippen LogP contribution in [0.4, 0.5) is 4.39 Å². The van der Waals surface area contributed by atoms with E-state index in [1.165, 1.54) is 0 Å². The van der Waals surface area contributed by atoms with Gasteiger partial charge in [-0.05, 0) is 19.8 Å². The Morgan fingerprint density at radius 2 is 2.17 bits per heavy atom. The molecule has 0 heterocycles. The van der Waals surface area contributed by atoms with Gasteiger partial charge in [0, 0.05) is 12.1 Å². The molecule has 0 radical (unpaired) electrons. The average Bonchev–Trinajstić information content (AvgIpc) is 2.09. The predicted molar refractivity (Wildman–Crippen MR) is 46.8 cm³/mol. The van der Waals surface area contributed by atoms with E-state index in [4.69, 9.17) is 0 Å². The van der Waals surface area contributed by atoms with Crippen molar-refractivity contribution in [3.8, 4) is 0 Å². The van der Waals surface area contributed by atoms with Crippen molar-refractivity contribution in [3.63, 3.8) is 0 Å². The Kier molecular flexibility index (Phi) is 3.95. The van der Waals surface area contributed by atoms with E-state index in [0.29, 0.717) is 0 Å². The van der Waals surface area contributed by atoms with Crippen molar-refractivity contribution in [2.24, 2.45) is 0 Å². The second-order valence-electron chi connectivity index (χ2n) is 3.68. The summed E-state index contributed by atoms with van der Waals surface area (Å²) in [7, 11) is 0. The van der Waals surface area contributed by atoms with Crippen molar-refractivity contribution in [1.29, 1.82) is 0 Å². The highest BCUT2D eigenvalue weighted by atomic mass is 19.1. The SMILES string of the molecule is C[C@@H](CF)NC1CCCCC1O. The molecule has 1 aliphatic rings. The molecule has 3 atom stereocenters. The summed E-state index contributed by atoms with van der Waals surface area (Å²) in [6.07, 6.45) is 3.81. The van der Waals surface area contributed by atoms with Crippen LogP contribution in [0.25, 0.3) is 0 Å². The standard InChI is InChI=1S/C9H18FNO/c1-7(6-10)11-8-4-2-3-5-9(8)12/h7-9,11-12H,2-6H2,1H3/t7-,8?,9?/m0/s1. The lowest BCUT2D eigenvalue weighted by molar-refractivity contribution is 0.0840. The lowest BCUT2D eigenvalue weighted by Gasteiger charge is -2.30. The second-order valence-corrected chi connectivity index (χ2v) is 3.68.